The van der Waals surface area contributed by atoms with Gasteiger partial charge in [-0.05, 0) is 48.9 Å². The Morgan fingerprint density at radius 3 is 2.48 bits per heavy atom. The van der Waals surface area contributed by atoms with Gasteiger partial charge in [0.15, 0.2) is 0 Å². The van der Waals surface area contributed by atoms with Crippen molar-refractivity contribution in [3.63, 3.8) is 0 Å². The van der Waals surface area contributed by atoms with Crippen molar-refractivity contribution in [1.29, 1.82) is 0 Å². The Labute approximate surface area is 172 Å². The number of hydrogen-bond donors (Lipinski definition) is 0. The molecule has 2 aliphatic rings. The predicted octanol–water partition coefficient (Wildman–Crippen LogP) is 4.20. The van der Waals surface area contributed by atoms with E-state index in [-0.39, 0.29) is 11.3 Å². The first kappa shape index (κ1) is 19.6. The molecule has 0 aliphatic carbocycles. The van der Waals surface area contributed by atoms with Crippen LogP contribution in [-0.4, -0.2) is 35.4 Å². The van der Waals surface area contributed by atoms with Gasteiger partial charge in [0.25, 0.3) is 0 Å². The van der Waals surface area contributed by atoms with Crippen LogP contribution in [0.1, 0.15) is 25.7 Å². The molecule has 1 amide bonds. The fraction of sp³-hybridized carbons (Fsp3) is 0.400. The molecule has 0 unspecified atom stereocenters. The van der Waals surface area contributed by atoms with E-state index in [1.807, 2.05) is 4.90 Å². The fourth-order valence-corrected chi connectivity index (χ4v) is 4.48. The monoisotopic (exact) mass is 418 g/mol. The smallest absolute Gasteiger partial charge is 0.327 e. The minimum Gasteiger partial charge on any atom is -0.366 e. The van der Waals surface area contributed by atoms with Crippen molar-refractivity contribution in [3.8, 4) is 0 Å². The molecular formula is C20H20ClFN4O3. The molecule has 2 saturated heterocycles. The fourth-order valence-electron chi connectivity index (χ4n) is 4.37. The zero-order chi connectivity index (χ0) is 20.6. The molecule has 3 heterocycles. The van der Waals surface area contributed by atoms with Crippen molar-refractivity contribution in [3.05, 3.63) is 57.6 Å². The number of amides is 1. The van der Waals surface area contributed by atoms with Crippen molar-refractivity contribution in [2.75, 3.05) is 29.4 Å². The highest BCUT2D eigenvalue weighted by molar-refractivity contribution is 6.29. The van der Waals surface area contributed by atoms with Crippen LogP contribution in [0.3, 0.4) is 0 Å². The molecule has 29 heavy (non-hydrogen) atoms. The highest BCUT2D eigenvalue weighted by atomic mass is 35.5. The number of carbonyl (C=O) groups is 1. The third kappa shape index (κ3) is 3.76. The zero-order valence-corrected chi connectivity index (χ0v) is 16.4. The van der Waals surface area contributed by atoms with Gasteiger partial charge >= 0.3 is 5.69 Å². The molecule has 2 aromatic rings. The van der Waals surface area contributed by atoms with Crippen molar-refractivity contribution in [2.24, 2.45) is 5.41 Å². The first-order valence-corrected chi connectivity index (χ1v) is 9.86. The lowest BCUT2D eigenvalue weighted by Crippen LogP contribution is -2.49. The number of halogens is 2. The first-order chi connectivity index (χ1) is 13.9. The number of pyridine rings is 1. The number of para-hydroxylation sites is 1. The van der Waals surface area contributed by atoms with Gasteiger partial charge in [0.2, 0.25) is 11.7 Å². The van der Waals surface area contributed by atoms with Crippen LogP contribution in [0, 0.1) is 21.3 Å². The Kier molecular flexibility index (Phi) is 5.12. The molecule has 0 saturated carbocycles. The third-order valence-corrected chi connectivity index (χ3v) is 6.25. The van der Waals surface area contributed by atoms with Crippen LogP contribution in [0.25, 0.3) is 0 Å². The molecule has 1 aromatic heterocycles. The van der Waals surface area contributed by atoms with Crippen LogP contribution in [0.5, 0.6) is 0 Å². The lowest BCUT2D eigenvalue weighted by molar-refractivity contribution is -0.386. The van der Waals surface area contributed by atoms with E-state index in [1.54, 1.807) is 29.3 Å². The Morgan fingerprint density at radius 1 is 1.14 bits per heavy atom. The van der Waals surface area contributed by atoms with E-state index in [1.165, 1.54) is 6.07 Å². The van der Waals surface area contributed by atoms with Gasteiger partial charge in [0.05, 0.1) is 16.8 Å². The number of benzene rings is 1. The maximum Gasteiger partial charge on any atom is 0.327 e. The van der Waals surface area contributed by atoms with E-state index in [4.69, 9.17) is 11.6 Å². The molecule has 1 spiro atoms. The highest BCUT2D eigenvalue weighted by Gasteiger charge is 2.42. The Balaban J connectivity index is 1.45. The molecule has 0 N–H and O–H groups in total. The number of rotatable bonds is 3. The maximum absolute atomic E-state index is 14.0. The molecule has 2 fully saturated rings. The molecule has 4 rings (SSSR count). The summed E-state index contributed by atoms with van der Waals surface area (Å²) in [6.07, 6.45) is 4.34. The molecule has 7 nitrogen and oxygen atoms in total. The molecule has 0 bridgehead atoms. The van der Waals surface area contributed by atoms with Crippen LogP contribution in [0.15, 0.2) is 36.5 Å². The summed E-state index contributed by atoms with van der Waals surface area (Å²) in [5, 5.41) is 11.7. The number of piperidine rings is 2. The SMILES string of the molecule is O=C1CC2(CCN(c3cccc(F)c3[N+](=O)[O-])CC2)CCN1c1ccc(Cl)nc1. The van der Waals surface area contributed by atoms with E-state index < -0.39 is 16.4 Å². The summed E-state index contributed by atoms with van der Waals surface area (Å²) in [5.41, 5.74) is 0.444. The van der Waals surface area contributed by atoms with Crippen molar-refractivity contribution in [2.45, 2.75) is 25.7 Å². The van der Waals surface area contributed by atoms with Gasteiger partial charge in [0, 0.05) is 26.1 Å². The topological polar surface area (TPSA) is 79.6 Å². The zero-order valence-electron chi connectivity index (χ0n) is 15.7. The molecule has 152 valence electrons. The van der Waals surface area contributed by atoms with Crippen LogP contribution in [0.2, 0.25) is 5.15 Å². The number of nitro benzene ring substituents is 1. The summed E-state index contributed by atoms with van der Waals surface area (Å²) >= 11 is 5.82. The first-order valence-electron chi connectivity index (χ1n) is 9.48. The molecule has 0 radical (unpaired) electrons. The second kappa shape index (κ2) is 7.59. The predicted molar refractivity (Wildman–Crippen MR) is 108 cm³/mol. The van der Waals surface area contributed by atoms with Gasteiger partial charge in [-0.15, -0.1) is 0 Å². The average molecular weight is 419 g/mol. The number of nitro groups is 1. The van der Waals surface area contributed by atoms with Gasteiger partial charge in [-0.25, -0.2) is 4.98 Å². The number of carbonyl (C=O) groups excluding carboxylic acids is 1. The van der Waals surface area contributed by atoms with Gasteiger partial charge in [-0.2, -0.15) is 4.39 Å². The third-order valence-electron chi connectivity index (χ3n) is 6.03. The van der Waals surface area contributed by atoms with E-state index in [0.717, 1.165) is 31.0 Å². The van der Waals surface area contributed by atoms with Crippen LogP contribution >= 0.6 is 11.6 Å². The van der Waals surface area contributed by atoms with E-state index >= 15 is 0 Å². The Hall–Kier alpha value is -2.74. The van der Waals surface area contributed by atoms with E-state index in [0.29, 0.717) is 36.9 Å². The van der Waals surface area contributed by atoms with Gasteiger partial charge in [-0.1, -0.05) is 17.7 Å². The van der Waals surface area contributed by atoms with Crippen molar-refractivity contribution >= 4 is 34.6 Å². The summed E-state index contributed by atoms with van der Waals surface area (Å²) in [6.45, 7) is 1.71. The highest BCUT2D eigenvalue weighted by Crippen LogP contribution is 2.44. The van der Waals surface area contributed by atoms with E-state index in [2.05, 4.69) is 4.98 Å². The lowest BCUT2D eigenvalue weighted by Gasteiger charge is -2.46. The molecular weight excluding hydrogens is 399 g/mol. The average Bonchev–Trinajstić information content (AvgIpc) is 2.69. The largest absolute Gasteiger partial charge is 0.366 e. The quantitative estimate of drug-likeness (QED) is 0.424. The van der Waals surface area contributed by atoms with Crippen molar-refractivity contribution in [1.82, 2.24) is 4.98 Å². The van der Waals surface area contributed by atoms with Gasteiger partial charge in [0.1, 0.15) is 10.8 Å². The number of aromatic nitrogens is 1. The molecule has 9 heteroatoms. The van der Waals surface area contributed by atoms with Crippen LogP contribution < -0.4 is 9.80 Å². The maximum atomic E-state index is 14.0. The number of nitrogens with zero attached hydrogens (tertiary/aromatic N) is 4. The summed E-state index contributed by atoms with van der Waals surface area (Å²) in [6, 6.07) is 7.63. The van der Waals surface area contributed by atoms with Gasteiger partial charge in [-0.3, -0.25) is 14.9 Å². The summed E-state index contributed by atoms with van der Waals surface area (Å²) in [4.78, 5) is 31.1. The summed E-state index contributed by atoms with van der Waals surface area (Å²) in [7, 11) is 0. The Bertz CT molecular complexity index is 945. The van der Waals surface area contributed by atoms with Crippen LogP contribution in [0.4, 0.5) is 21.5 Å². The van der Waals surface area contributed by atoms with E-state index in [9.17, 15) is 19.3 Å². The summed E-state index contributed by atoms with van der Waals surface area (Å²) in [5.74, 6) is -0.779. The minimum atomic E-state index is -0.826. The van der Waals surface area contributed by atoms with Crippen LogP contribution in [-0.2, 0) is 4.79 Å². The lowest BCUT2D eigenvalue weighted by atomic mass is 9.71. The second-order valence-electron chi connectivity index (χ2n) is 7.66. The standard InChI is InChI=1S/C20H20ClFN4O3/c21-17-5-4-14(13-23-17)25-11-8-20(12-18(25)27)6-9-24(10-7-20)16-3-1-2-15(22)19(16)26(28)29/h1-5,13H,6-12H2. The number of anilines is 2. The molecule has 2 aliphatic heterocycles. The molecule has 1 aromatic carbocycles. The molecule has 0 atom stereocenters. The summed E-state index contributed by atoms with van der Waals surface area (Å²) < 4.78 is 14.0. The van der Waals surface area contributed by atoms with Crippen molar-refractivity contribution < 1.29 is 14.1 Å². The van der Waals surface area contributed by atoms with Gasteiger partial charge < -0.3 is 9.80 Å². The minimum absolute atomic E-state index is 0.0468. The second-order valence-corrected chi connectivity index (χ2v) is 8.05. The normalized spacial score (nSPS) is 18.9. The Morgan fingerprint density at radius 2 is 1.86 bits per heavy atom. The number of hydrogen-bond acceptors (Lipinski definition) is 5.